The zero-order chi connectivity index (χ0) is 35.4. The zero-order valence-electron chi connectivity index (χ0n) is 27.0. The van der Waals surface area contributed by atoms with Gasteiger partial charge >= 0.3 is 12.2 Å². The first kappa shape index (κ1) is 36.4. The predicted octanol–water partition coefficient (Wildman–Crippen LogP) is 2.82. The van der Waals surface area contributed by atoms with Crippen molar-refractivity contribution in [1.82, 2.24) is 16.0 Å². The van der Waals surface area contributed by atoms with Gasteiger partial charge in [-0.05, 0) is 61.1 Å². The third kappa shape index (κ3) is 10.5. The maximum atomic E-state index is 13.8. The Morgan fingerprint density at radius 3 is 2.00 bits per heavy atom. The second kappa shape index (κ2) is 17.1. The number of primary amides is 1. The molecule has 0 saturated heterocycles. The Balaban J connectivity index is 1.62. The van der Waals surface area contributed by atoms with Crippen LogP contribution in [0, 0.1) is 0 Å². The van der Waals surface area contributed by atoms with Gasteiger partial charge < -0.3 is 41.0 Å². The Morgan fingerprint density at radius 2 is 1.47 bits per heavy atom. The van der Waals surface area contributed by atoms with Crippen LogP contribution in [0.25, 0.3) is 0 Å². The number of para-hydroxylation sites is 2. The van der Waals surface area contributed by atoms with Crippen molar-refractivity contribution in [3.05, 3.63) is 90.5 Å². The van der Waals surface area contributed by atoms with Gasteiger partial charge in [0.25, 0.3) is 5.91 Å². The Kier molecular flexibility index (Phi) is 12.7. The molecule has 15 heteroatoms. The first-order valence-electron chi connectivity index (χ1n) is 15.5. The number of ether oxygens (including phenoxy) is 3. The molecule has 5 unspecified atom stereocenters. The van der Waals surface area contributed by atoms with Gasteiger partial charge in [-0.15, -0.1) is 0 Å². The molecule has 4 amide bonds. The molecule has 49 heavy (non-hydrogen) atoms. The first-order chi connectivity index (χ1) is 23.5. The van der Waals surface area contributed by atoms with Crippen molar-refractivity contribution in [2.75, 3.05) is 24.3 Å². The molecule has 260 valence electrons. The highest BCUT2D eigenvalue weighted by Crippen LogP contribution is 2.34. The number of methoxy groups -OCH3 is 1. The van der Waals surface area contributed by atoms with Crippen LogP contribution in [0.15, 0.2) is 84.9 Å². The minimum absolute atomic E-state index is 0.0259. The van der Waals surface area contributed by atoms with Crippen molar-refractivity contribution in [2.24, 2.45) is 5.73 Å². The summed E-state index contributed by atoms with van der Waals surface area (Å²) in [5.41, 5.74) is 4.94. The average Bonchev–Trinajstić information content (AvgIpc) is 3.07. The smallest absolute Gasteiger partial charge is 0.412 e. The molecule has 1 saturated carbocycles. The number of aliphatic hydroxyl groups is 1. The van der Waals surface area contributed by atoms with Crippen LogP contribution < -0.4 is 37.1 Å². The molecular weight excluding hydrogens is 652 g/mol. The molecule has 0 aromatic heterocycles. The number of amides is 4. The van der Waals surface area contributed by atoms with Gasteiger partial charge in [0.2, 0.25) is 5.91 Å². The van der Waals surface area contributed by atoms with Crippen molar-refractivity contribution >= 4 is 52.7 Å². The van der Waals surface area contributed by atoms with Gasteiger partial charge in [-0.25, -0.2) is 9.59 Å². The molecule has 5 atom stereocenters. The van der Waals surface area contributed by atoms with Crippen LogP contribution in [0.5, 0.6) is 5.75 Å². The van der Waals surface area contributed by atoms with Crippen LogP contribution >= 0.6 is 12.2 Å². The largest absolute Gasteiger partial charge is 0.497 e. The highest BCUT2D eigenvalue weighted by Gasteiger charge is 2.53. The van der Waals surface area contributed by atoms with E-state index in [4.69, 9.17) is 32.2 Å². The second-order valence-corrected chi connectivity index (χ2v) is 11.7. The van der Waals surface area contributed by atoms with Crippen molar-refractivity contribution in [3.8, 4) is 5.75 Å². The Labute approximate surface area is 289 Å². The van der Waals surface area contributed by atoms with Crippen LogP contribution in [0.3, 0.4) is 0 Å². The fourth-order valence-electron chi connectivity index (χ4n) is 5.35. The van der Waals surface area contributed by atoms with Crippen molar-refractivity contribution in [3.63, 3.8) is 0 Å². The van der Waals surface area contributed by atoms with Crippen LogP contribution in [0.4, 0.5) is 21.0 Å². The normalized spacial score (nSPS) is 20.4. The maximum Gasteiger partial charge on any atom is 0.412 e. The highest BCUT2D eigenvalue weighted by atomic mass is 32.1. The summed E-state index contributed by atoms with van der Waals surface area (Å²) in [5.74, 6) is -1.18. The van der Waals surface area contributed by atoms with E-state index in [2.05, 4.69) is 26.6 Å². The number of benzene rings is 3. The minimum atomic E-state index is -2.25. The maximum absolute atomic E-state index is 13.8. The monoisotopic (exact) mass is 692 g/mol. The molecular formula is C34H40N6O8S. The molecule has 1 aliphatic carbocycles. The van der Waals surface area contributed by atoms with E-state index in [1.54, 1.807) is 84.9 Å². The summed E-state index contributed by atoms with van der Waals surface area (Å²) >= 11 is 5.40. The lowest BCUT2D eigenvalue weighted by Crippen LogP contribution is -2.66. The molecule has 14 nitrogen and oxygen atoms in total. The molecule has 0 aliphatic heterocycles. The molecule has 1 aliphatic rings. The summed E-state index contributed by atoms with van der Waals surface area (Å²) in [6.45, 7) is 2.25. The molecule has 3 aromatic carbocycles. The fourth-order valence-corrected chi connectivity index (χ4v) is 5.64. The minimum Gasteiger partial charge on any atom is -0.497 e. The second-order valence-electron chi connectivity index (χ2n) is 11.3. The third-order valence-electron chi connectivity index (χ3n) is 7.73. The standard InChI is InChI=1S/C34H40N6O8S/c1-3-36-31(49)40-26-19-34(45,30(42)39-25(29(35)41)18-21-14-16-24(46-2)17-15-21)20-27(47-32(43)37-22-10-6-4-7-11-22)28(26)48-33(44)38-23-12-8-5-9-13-23/h4-17,25-28,45H,3,18-20H2,1-2H3,(H2,35,41)(H,37,43)(H,38,44)(H,39,42)(H2,36,40,49). The molecule has 0 bridgehead atoms. The molecule has 1 fully saturated rings. The van der Waals surface area contributed by atoms with Gasteiger partial charge in [-0.3, -0.25) is 20.2 Å². The average molecular weight is 693 g/mol. The van der Waals surface area contributed by atoms with E-state index < -0.39 is 60.3 Å². The van der Waals surface area contributed by atoms with Gasteiger partial charge in [0.15, 0.2) is 11.2 Å². The van der Waals surface area contributed by atoms with Gasteiger partial charge in [-0.1, -0.05) is 48.5 Å². The van der Waals surface area contributed by atoms with Gasteiger partial charge in [-0.2, -0.15) is 0 Å². The molecule has 4 rings (SSSR count). The lowest BCUT2D eigenvalue weighted by Gasteiger charge is -2.44. The van der Waals surface area contributed by atoms with Gasteiger partial charge in [0.05, 0.1) is 13.2 Å². The molecule has 0 spiro atoms. The van der Waals surface area contributed by atoms with E-state index >= 15 is 0 Å². The number of hydrogen-bond donors (Lipinski definition) is 7. The lowest BCUT2D eigenvalue weighted by molar-refractivity contribution is -0.158. The number of thiocarbonyl (C=S) groups is 1. The van der Waals surface area contributed by atoms with Crippen LogP contribution in [-0.2, 0) is 25.5 Å². The Hall–Kier alpha value is -5.41. The number of hydrogen-bond acceptors (Lipinski definition) is 9. The molecule has 8 N–H and O–H groups in total. The first-order valence-corrected chi connectivity index (χ1v) is 16.0. The Morgan fingerprint density at radius 1 is 0.898 bits per heavy atom. The summed E-state index contributed by atoms with van der Waals surface area (Å²) in [4.78, 5) is 52.5. The van der Waals surface area contributed by atoms with E-state index in [1.807, 2.05) is 6.92 Å². The molecule has 0 heterocycles. The quantitative estimate of drug-likeness (QED) is 0.138. The molecule has 0 radical (unpaired) electrons. The van der Waals surface area contributed by atoms with E-state index in [9.17, 15) is 24.3 Å². The van der Waals surface area contributed by atoms with E-state index in [0.717, 1.165) is 0 Å². The van der Waals surface area contributed by atoms with Crippen molar-refractivity contribution in [2.45, 2.75) is 56.1 Å². The Bertz CT molecular complexity index is 1600. The zero-order valence-corrected chi connectivity index (χ0v) is 27.8. The van der Waals surface area contributed by atoms with E-state index in [1.165, 1.54) is 7.11 Å². The lowest BCUT2D eigenvalue weighted by atomic mass is 9.77. The summed E-state index contributed by atoms with van der Waals surface area (Å²) in [7, 11) is 1.52. The van der Waals surface area contributed by atoms with E-state index in [-0.39, 0.29) is 18.0 Å². The van der Waals surface area contributed by atoms with Crippen LogP contribution in [0.1, 0.15) is 25.3 Å². The fraction of sp³-hybridized carbons (Fsp3) is 0.324. The number of rotatable bonds is 12. The number of anilines is 2. The predicted molar refractivity (Wildman–Crippen MR) is 186 cm³/mol. The highest BCUT2D eigenvalue weighted by molar-refractivity contribution is 7.80. The number of nitrogens with two attached hydrogens (primary N) is 1. The van der Waals surface area contributed by atoms with Crippen molar-refractivity contribution in [1.29, 1.82) is 0 Å². The number of carbonyl (C=O) groups is 4. The summed E-state index contributed by atoms with van der Waals surface area (Å²) in [5, 5.41) is 25.7. The number of carbonyl (C=O) groups excluding carboxylic acids is 4. The molecule has 3 aromatic rings. The summed E-state index contributed by atoms with van der Waals surface area (Å²) in [6.07, 6.45) is -5.28. The topological polar surface area (TPSA) is 202 Å². The van der Waals surface area contributed by atoms with Crippen LogP contribution in [-0.4, -0.2) is 77.8 Å². The SMILES string of the molecule is CCNC(=S)NC1CC(O)(C(=O)NC(Cc2ccc(OC)cc2)C(N)=O)CC(OC(=O)Nc2ccccc2)C1OC(=O)Nc1ccccc1. The van der Waals surface area contributed by atoms with Crippen LogP contribution in [0.2, 0.25) is 0 Å². The van der Waals surface area contributed by atoms with Crippen molar-refractivity contribution < 1.29 is 38.5 Å². The summed E-state index contributed by atoms with van der Waals surface area (Å²) in [6, 6.07) is 21.6. The van der Waals surface area contributed by atoms with Gasteiger partial charge in [0, 0.05) is 37.2 Å². The third-order valence-corrected chi connectivity index (χ3v) is 7.99. The van der Waals surface area contributed by atoms with E-state index in [0.29, 0.717) is 29.2 Å². The number of nitrogens with one attached hydrogen (secondary N) is 5. The summed E-state index contributed by atoms with van der Waals surface area (Å²) < 4.78 is 16.7. The van der Waals surface area contributed by atoms with Gasteiger partial charge in [0.1, 0.15) is 23.5 Å².